The number of hydrogen-bond acceptors (Lipinski definition) is 5. The highest BCUT2D eigenvalue weighted by Gasteiger charge is 2.30. The zero-order chi connectivity index (χ0) is 26.3. The number of fused-ring (bicyclic) bond motifs is 1. The number of carbonyl (C=O) groups excluding carboxylic acids is 1. The standard InChI is InChI=1S/C25H19F4N3O3S/c1-10-8-11(2)21-15(9-10)30-24(35-21)13-6-5-7-14(12(13)3)31-25(36)32-23(33)16-17(26)19(28)22(34-4)20(29)18(16)27/h5-9H,1-4H3,(H2,31,32,33,36). The van der Waals surface area contributed by atoms with Crippen molar-refractivity contribution in [2.75, 3.05) is 12.4 Å². The lowest BCUT2D eigenvalue weighted by molar-refractivity contribution is 0.0966. The Morgan fingerprint density at radius 2 is 1.69 bits per heavy atom. The van der Waals surface area contributed by atoms with Crippen LogP contribution in [0.1, 0.15) is 27.0 Å². The first-order chi connectivity index (χ1) is 17.0. The van der Waals surface area contributed by atoms with Crippen LogP contribution in [0.15, 0.2) is 34.7 Å². The molecule has 0 aliphatic rings. The molecule has 0 radical (unpaired) electrons. The predicted octanol–water partition coefficient (Wildman–Crippen LogP) is 6.11. The lowest BCUT2D eigenvalue weighted by atomic mass is 10.1. The number of aromatic nitrogens is 1. The summed E-state index contributed by atoms with van der Waals surface area (Å²) < 4.78 is 66.8. The fourth-order valence-electron chi connectivity index (χ4n) is 3.80. The molecule has 0 unspecified atom stereocenters. The van der Waals surface area contributed by atoms with Crippen molar-refractivity contribution < 1.29 is 31.5 Å². The van der Waals surface area contributed by atoms with E-state index in [0.29, 0.717) is 33.8 Å². The highest BCUT2D eigenvalue weighted by atomic mass is 32.1. The number of nitrogens with one attached hydrogen (secondary N) is 2. The van der Waals surface area contributed by atoms with Crippen LogP contribution in [-0.2, 0) is 0 Å². The second-order valence-electron chi connectivity index (χ2n) is 8.00. The maximum absolute atomic E-state index is 14.3. The summed E-state index contributed by atoms with van der Waals surface area (Å²) in [4.78, 5) is 17.0. The Morgan fingerprint density at radius 1 is 1.03 bits per heavy atom. The first kappa shape index (κ1) is 25.1. The van der Waals surface area contributed by atoms with Crippen LogP contribution in [0.3, 0.4) is 0 Å². The number of amides is 1. The summed E-state index contributed by atoms with van der Waals surface area (Å²) in [6, 6.07) is 9.00. The number of carbonyl (C=O) groups is 1. The number of thiocarbonyl (C=S) groups is 1. The van der Waals surface area contributed by atoms with Gasteiger partial charge in [-0.3, -0.25) is 10.1 Å². The number of benzene rings is 3. The highest BCUT2D eigenvalue weighted by Crippen LogP contribution is 2.32. The van der Waals surface area contributed by atoms with Gasteiger partial charge in [-0.25, -0.2) is 13.8 Å². The van der Waals surface area contributed by atoms with Gasteiger partial charge in [0.1, 0.15) is 11.1 Å². The summed E-state index contributed by atoms with van der Waals surface area (Å²) in [7, 11) is 0.832. The minimum absolute atomic E-state index is 0.361. The van der Waals surface area contributed by atoms with Gasteiger partial charge in [-0.2, -0.15) is 8.78 Å². The maximum Gasteiger partial charge on any atom is 0.263 e. The van der Waals surface area contributed by atoms with Crippen LogP contribution < -0.4 is 15.4 Å². The summed E-state index contributed by atoms with van der Waals surface area (Å²) >= 11 is 5.08. The van der Waals surface area contributed by atoms with Gasteiger partial charge in [-0.1, -0.05) is 12.1 Å². The zero-order valence-corrected chi connectivity index (χ0v) is 20.3. The second-order valence-corrected chi connectivity index (χ2v) is 8.41. The Morgan fingerprint density at radius 3 is 2.33 bits per heavy atom. The van der Waals surface area contributed by atoms with E-state index < -0.39 is 40.5 Å². The van der Waals surface area contributed by atoms with Crippen molar-refractivity contribution in [2.45, 2.75) is 20.8 Å². The minimum atomic E-state index is -1.91. The molecule has 186 valence electrons. The summed E-state index contributed by atoms with van der Waals surface area (Å²) in [5.41, 5.74) is 3.57. The quantitative estimate of drug-likeness (QED) is 0.193. The minimum Gasteiger partial charge on any atom is -0.491 e. The predicted molar refractivity (Wildman–Crippen MR) is 130 cm³/mol. The Kier molecular flexibility index (Phi) is 6.68. The fraction of sp³-hybridized carbons (Fsp3) is 0.160. The molecule has 0 saturated carbocycles. The topological polar surface area (TPSA) is 76.4 Å². The van der Waals surface area contributed by atoms with E-state index in [0.717, 1.165) is 18.2 Å². The average molecular weight is 518 g/mol. The van der Waals surface area contributed by atoms with E-state index in [2.05, 4.69) is 15.0 Å². The molecule has 6 nitrogen and oxygen atoms in total. The number of oxazole rings is 1. The molecule has 4 aromatic rings. The van der Waals surface area contributed by atoms with Crippen molar-refractivity contribution in [3.8, 4) is 17.2 Å². The van der Waals surface area contributed by atoms with Crippen molar-refractivity contribution in [3.63, 3.8) is 0 Å². The Bertz CT molecular complexity index is 1520. The van der Waals surface area contributed by atoms with Crippen molar-refractivity contribution in [3.05, 3.63) is 75.9 Å². The van der Waals surface area contributed by atoms with Gasteiger partial charge >= 0.3 is 0 Å². The van der Waals surface area contributed by atoms with Crippen LogP contribution in [0.2, 0.25) is 0 Å². The van der Waals surface area contributed by atoms with E-state index >= 15 is 0 Å². The Balaban J connectivity index is 1.59. The number of anilines is 1. The van der Waals surface area contributed by atoms with E-state index in [1.165, 1.54) is 0 Å². The average Bonchev–Trinajstić information content (AvgIpc) is 3.24. The number of rotatable bonds is 4. The molecule has 2 N–H and O–H groups in total. The maximum atomic E-state index is 14.3. The van der Waals surface area contributed by atoms with Gasteiger partial charge < -0.3 is 14.5 Å². The number of methoxy groups -OCH3 is 1. The molecule has 36 heavy (non-hydrogen) atoms. The molecule has 1 aromatic heterocycles. The molecule has 3 aromatic carbocycles. The molecule has 0 aliphatic carbocycles. The van der Waals surface area contributed by atoms with Crippen molar-refractivity contribution in [1.29, 1.82) is 0 Å². The van der Waals surface area contributed by atoms with E-state index in [1.807, 2.05) is 31.3 Å². The largest absolute Gasteiger partial charge is 0.491 e. The van der Waals surface area contributed by atoms with Gasteiger partial charge in [0.2, 0.25) is 17.5 Å². The van der Waals surface area contributed by atoms with Crippen LogP contribution >= 0.6 is 12.2 Å². The molecule has 1 amide bonds. The van der Waals surface area contributed by atoms with E-state index in [4.69, 9.17) is 16.6 Å². The molecule has 0 atom stereocenters. The molecule has 4 rings (SSSR count). The number of aryl methyl sites for hydroxylation is 2. The van der Waals surface area contributed by atoms with Crippen molar-refractivity contribution >= 4 is 40.0 Å². The van der Waals surface area contributed by atoms with Crippen LogP contribution in [0.5, 0.6) is 5.75 Å². The lowest BCUT2D eigenvalue weighted by Crippen LogP contribution is -2.35. The first-order valence-electron chi connectivity index (χ1n) is 10.5. The molecule has 0 aliphatic heterocycles. The van der Waals surface area contributed by atoms with Crippen molar-refractivity contribution in [1.82, 2.24) is 10.3 Å². The first-order valence-corrected chi connectivity index (χ1v) is 10.9. The normalized spacial score (nSPS) is 11.0. The third-order valence-electron chi connectivity index (χ3n) is 5.51. The molecular formula is C25H19F4N3O3S. The van der Waals surface area contributed by atoms with E-state index in [-0.39, 0.29) is 5.11 Å². The molecular weight excluding hydrogens is 498 g/mol. The zero-order valence-electron chi connectivity index (χ0n) is 19.5. The Hall–Kier alpha value is -3.99. The smallest absolute Gasteiger partial charge is 0.263 e. The van der Waals surface area contributed by atoms with Crippen LogP contribution in [0, 0.1) is 44.0 Å². The molecule has 0 saturated heterocycles. The van der Waals surface area contributed by atoms with E-state index in [9.17, 15) is 22.4 Å². The van der Waals surface area contributed by atoms with Crippen LogP contribution in [0.25, 0.3) is 22.6 Å². The van der Waals surface area contributed by atoms with E-state index in [1.54, 1.807) is 25.1 Å². The fourth-order valence-corrected chi connectivity index (χ4v) is 4.01. The summed E-state index contributed by atoms with van der Waals surface area (Å²) in [6.07, 6.45) is 0. The summed E-state index contributed by atoms with van der Waals surface area (Å²) in [5.74, 6) is -9.90. The Labute approximate surface area is 208 Å². The van der Waals surface area contributed by atoms with Gasteiger partial charge in [-0.15, -0.1) is 0 Å². The van der Waals surface area contributed by atoms with Crippen LogP contribution in [-0.4, -0.2) is 23.1 Å². The summed E-state index contributed by atoms with van der Waals surface area (Å²) in [6.45, 7) is 5.63. The number of nitrogens with zero attached hydrogens (tertiary/aromatic N) is 1. The monoisotopic (exact) mass is 517 g/mol. The number of ether oxygens (including phenoxy) is 1. The molecule has 11 heteroatoms. The molecule has 0 bridgehead atoms. The van der Waals surface area contributed by atoms with Crippen molar-refractivity contribution in [2.24, 2.45) is 0 Å². The van der Waals surface area contributed by atoms with Gasteiger partial charge in [0.25, 0.3) is 5.91 Å². The molecule has 0 spiro atoms. The third kappa shape index (κ3) is 4.37. The van der Waals surface area contributed by atoms with Gasteiger partial charge in [-0.05, 0) is 67.9 Å². The number of halogens is 4. The third-order valence-corrected chi connectivity index (χ3v) is 5.72. The SMILES string of the molecule is COc1c(F)c(F)c(C(=O)NC(=S)Nc2cccc(-c3nc4cc(C)cc(C)c4o3)c2C)c(F)c1F. The second kappa shape index (κ2) is 9.57. The molecule has 1 heterocycles. The number of hydrogen-bond donors (Lipinski definition) is 2. The highest BCUT2D eigenvalue weighted by molar-refractivity contribution is 7.80. The van der Waals surface area contributed by atoms with Crippen LogP contribution in [0.4, 0.5) is 23.2 Å². The van der Waals surface area contributed by atoms with Gasteiger partial charge in [0, 0.05) is 11.3 Å². The summed E-state index contributed by atoms with van der Waals surface area (Å²) in [5, 5.41) is 4.41. The molecule has 0 fully saturated rings. The van der Waals surface area contributed by atoms with Gasteiger partial charge in [0.05, 0.1) is 7.11 Å². The van der Waals surface area contributed by atoms with Gasteiger partial charge in [0.15, 0.2) is 28.1 Å². The lowest BCUT2D eigenvalue weighted by Gasteiger charge is -2.14.